The molecule has 0 aliphatic heterocycles. The lowest BCUT2D eigenvalue weighted by Crippen LogP contribution is -1.91. The molecule has 0 saturated carbocycles. The molecule has 0 unspecified atom stereocenters. The zero-order chi connectivity index (χ0) is 8.72. The summed E-state index contributed by atoms with van der Waals surface area (Å²) in [6, 6.07) is 1.66. The van der Waals surface area contributed by atoms with Crippen molar-refractivity contribution in [2.75, 3.05) is 0 Å². The maximum atomic E-state index is 13.3. The minimum atomic E-state index is -0.306. The molecule has 0 atom stereocenters. The molecular weight excluding hydrogens is 179 g/mol. The zero-order valence-electron chi connectivity index (χ0n) is 6.38. The minimum absolute atomic E-state index is 0.306. The van der Waals surface area contributed by atoms with E-state index in [-0.39, 0.29) is 5.82 Å². The maximum absolute atomic E-state index is 13.3. The molecule has 2 aromatic heterocycles. The normalized spacial score (nSPS) is 10.9. The van der Waals surface area contributed by atoms with E-state index in [2.05, 4.69) is 5.10 Å². The van der Waals surface area contributed by atoms with E-state index in [1.165, 1.54) is 10.7 Å². The average Bonchev–Trinajstić information content (AvgIpc) is 2.41. The Labute approximate surface area is 73.6 Å². The molecule has 2 rings (SSSR count). The first kappa shape index (κ1) is 7.55. The van der Waals surface area contributed by atoms with Crippen molar-refractivity contribution in [2.45, 2.75) is 6.92 Å². The molecule has 0 saturated heterocycles. The molecule has 2 heterocycles. The first-order chi connectivity index (χ1) is 5.70. The Balaban J connectivity index is 2.96. The highest BCUT2D eigenvalue weighted by molar-refractivity contribution is 6.33. The zero-order valence-corrected chi connectivity index (χ0v) is 7.14. The molecule has 0 radical (unpaired) electrons. The highest BCUT2D eigenvalue weighted by atomic mass is 35.5. The van der Waals surface area contributed by atoms with Gasteiger partial charge in [0.1, 0.15) is 5.52 Å². The number of nitrogens with zero attached hydrogens (tertiary/aromatic N) is 2. The van der Waals surface area contributed by atoms with Gasteiger partial charge in [-0.3, -0.25) is 0 Å². The van der Waals surface area contributed by atoms with Gasteiger partial charge in [0.2, 0.25) is 0 Å². The number of fused-ring (bicyclic) bond motifs is 1. The monoisotopic (exact) mass is 184 g/mol. The van der Waals surface area contributed by atoms with Crippen molar-refractivity contribution in [1.29, 1.82) is 0 Å². The maximum Gasteiger partial charge on any atom is 0.153 e. The number of hydrogen-bond acceptors (Lipinski definition) is 1. The lowest BCUT2D eigenvalue weighted by atomic mass is 10.2. The van der Waals surface area contributed by atoms with Crippen molar-refractivity contribution in [3.63, 3.8) is 0 Å². The van der Waals surface area contributed by atoms with Crippen LogP contribution in [-0.2, 0) is 0 Å². The second-order valence-electron chi connectivity index (χ2n) is 2.60. The van der Waals surface area contributed by atoms with E-state index in [4.69, 9.17) is 11.6 Å². The largest absolute Gasteiger partial charge is 0.236 e. The van der Waals surface area contributed by atoms with Gasteiger partial charge in [-0.1, -0.05) is 11.6 Å². The van der Waals surface area contributed by atoms with Crippen LogP contribution in [0.25, 0.3) is 5.52 Å². The quantitative estimate of drug-likeness (QED) is 0.615. The minimum Gasteiger partial charge on any atom is -0.236 e. The van der Waals surface area contributed by atoms with Gasteiger partial charge >= 0.3 is 0 Å². The Morgan fingerprint density at radius 3 is 3.08 bits per heavy atom. The van der Waals surface area contributed by atoms with E-state index in [0.717, 1.165) is 0 Å². The highest BCUT2D eigenvalue weighted by Gasteiger charge is 2.08. The molecule has 0 amide bonds. The summed E-state index contributed by atoms with van der Waals surface area (Å²) in [5, 5.41) is 4.21. The summed E-state index contributed by atoms with van der Waals surface area (Å²) in [7, 11) is 0. The highest BCUT2D eigenvalue weighted by Crippen LogP contribution is 2.21. The molecule has 0 aliphatic rings. The van der Waals surface area contributed by atoms with Crippen molar-refractivity contribution in [2.24, 2.45) is 0 Å². The molecule has 0 N–H and O–H groups in total. The molecule has 4 heteroatoms. The van der Waals surface area contributed by atoms with E-state index in [9.17, 15) is 4.39 Å². The average molecular weight is 185 g/mol. The van der Waals surface area contributed by atoms with Crippen LogP contribution in [0.1, 0.15) is 5.56 Å². The van der Waals surface area contributed by atoms with Crippen LogP contribution in [0.5, 0.6) is 0 Å². The van der Waals surface area contributed by atoms with Crippen LogP contribution in [0.15, 0.2) is 18.5 Å². The number of halogens is 2. The number of rotatable bonds is 0. The number of aromatic nitrogens is 2. The summed E-state index contributed by atoms with van der Waals surface area (Å²) in [6.45, 7) is 1.69. The molecule has 0 aromatic carbocycles. The summed E-state index contributed by atoms with van der Waals surface area (Å²) in [6.07, 6.45) is 3.11. The third kappa shape index (κ3) is 0.898. The number of hydrogen-bond donors (Lipinski definition) is 0. The Hall–Kier alpha value is -1.09. The van der Waals surface area contributed by atoms with Crippen LogP contribution in [0.2, 0.25) is 5.02 Å². The third-order valence-corrected chi connectivity index (χ3v) is 2.05. The lowest BCUT2D eigenvalue weighted by molar-refractivity contribution is 0.621. The van der Waals surface area contributed by atoms with E-state index >= 15 is 0 Å². The molecule has 0 aliphatic carbocycles. The summed E-state index contributed by atoms with van der Waals surface area (Å²) in [4.78, 5) is 0. The fourth-order valence-electron chi connectivity index (χ4n) is 1.10. The van der Waals surface area contributed by atoms with Gasteiger partial charge in [0, 0.05) is 6.20 Å². The molecular formula is C8H6ClFN2. The van der Waals surface area contributed by atoms with Gasteiger partial charge in [-0.25, -0.2) is 8.91 Å². The van der Waals surface area contributed by atoms with E-state index < -0.39 is 0 Å². The molecule has 2 nitrogen and oxygen atoms in total. The second-order valence-corrected chi connectivity index (χ2v) is 3.01. The van der Waals surface area contributed by atoms with Gasteiger partial charge in [-0.15, -0.1) is 0 Å². The van der Waals surface area contributed by atoms with Gasteiger partial charge in [0.15, 0.2) is 5.82 Å². The SMILES string of the molecule is Cc1ccn2ncc(Cl)c2c1F. The predicted octanol–water partition coefficient (Wildman–Crippen LogP) is 2.44. The van der Waals surface area contributed by atoms with Gasteiger partial charge in [-0.2, -0.15) is 5.10 Å². The van der Waals surface area contributed by atoms with Gasteiger partial charge in [-0.05, 0) is 18.6 Å². The number of pyridine rings is 1. The smallest absolute Gasteiger partial charge is 0.153 e. The molecule has 0 fully saturated rings. The molecule has 62 valence electrons. The Kier molecular flexibility index (Phi) is 1.54. The summed E-state index contributed by atoms with van der Waals surface area (Å²) in [5.41, 5.74) is 0.918. The van der Waals surface area contributed by atoms with Crippen molar-refractivity contribution in [3.05, 3.63) is 34.9 Å². The molecule has 12 heavy (non-hydrogen) atoms. The van der Waals surface area contributed by atoms with Crippen LogP contribution >= 0.6 is 11.6 Å². The van der Waals surface area contributed by atoms with Crippen LogP contribution in [0.4, 0.5) is 4.39 Å². The first-order valence-corrected chi connectivity index (χ1v) is 3.86. The second kappa shape index (κ2) is 2.45. The van der Waals surface area contributed by atoms with E-state index in [0.29, 0.717) is 16.1 Å². The number of aryl methyl sites for hydroxylation is 1. The fourth-order valence-corrected chi connectivity index (χ4v) is 1.32. The van der Waals surface area contributed by atoms with Crippen molar-refractivity contribution >= 4 is 17.1 Å². The van der Waals surface area contributed by atoms with Crippen molar-refractivity contribution < 1.29 is 4.39 Å². The van der Waals surface area contributed by atoms with Crippen LogP contribution < -0.4 is 0 Å². The Morgan fingerprint density at radius 2 is 2.33 bits per heavy atom. The van der Waals surface area contributed by atoms with Crippen molar-refractivity contribution in [3.8, 4) is 0 Å². The predicted molar refractivity (Wildman–Crippen MR) is 44.9 cm³/mol. The van der Waals surface area contributed by atoms with Crippen LogP contribution in [0, 0.1) is 12.7 Å². The summed E-state index contributed by atoms with van der Waals surface area (Å²) < 4.78 is 14.8. The standard InChI is InChI=1S/C8H6ClFN2/c1-5-2-3-12-8(7(5)10)6(9)4-11-12/h2-4H,1H3. The van der Waals surface area contributed by atoms with Crippen LogP contribution in [-0.4, -0.2) is 9.61 Å². The topological polar surface area (TPSA) is 17.3 Å². The molecule has 0 bridgehead atoms. The summed E-state index contributed by atoms with van der Waals surface area (Å²) >= 11 is 5.73. The van der Waals surface area contributed by atoms with Gasteiger partial charge in [0.05, 0.1) is 11.2 Å². The van der Waals surface area contributed by atoms with Crippen molar-refractivity contribution in [1.82, 2.24) is 9.61 Å². The van der Waals surface area contributed by atoms with E-state index in [1.807, 2.05) is 0 Å². The molecule has 2 aromatic rings. The van der Waals surface area contributed by atoms with Gasteiger partial charge < -0.3 is 0 Å². The van der Waals surface area contributed by atoms with Crippen LogP contribution in [0.3, 0.4) is 0 Å². The van der Waals surface area contributed by atoms with E-state index in [1.54, 1.807) is 19.2 Å². The Bertz CT molecular complexity index is 436. The summed E-state index contributed by atoms with van der Waals surface area (Å²) in [5.74, 6) is -0.306. The molecule has 0 spiro atoms. The first-order valence-electron chi connectivity index (χ1n) is 3.48. The third-order valence-electron chi connectivity index (χ3n) is 1.77. The Morgan fingerprint density at radius 1 is 1.58 bits per heavy atom. The van der Waals surface area contributed by atoms with Gasteiger partial charge in [0.25, 0.3) is 0 Å². The lowest BCUT2D eigenvalue weighted by Gasteiger charge is -1.98. The fraction of sp³-hybridized carbons (Fsp3) is 0.125.